The average molecular weight is 352 g/mol. The first kappa shape index (κ1) is 18.3. The van der Waals surface area contributed by atoms with E-state index in [1.165, 1.54) is 16.7 Å². The lowest BCUT2D eigenvalue weighted by molar-refractivity contribution is 0.235. The van der Waals surface area contributed by atoms with Crippen LogP contribution in [0.5, 0.6) is 5.75 Å². The molecule has 2 N–H and O–H groups in total. The van der Waals surface area contributed by atoms with E-state index in [0.717, 1.165) is 37.8 Å². The highest BCUT2D eigenvalue weighted by molar-refractivity contribution is 5.79. The molecule has 2 aromatic carbocycles. The van der Waals surface area contributed by atoms with Crippen molar-refractivity contribution in [3.8, 4) is 5.75 Å². The molecule has 26 heavy (non-hydrogen) atoms. The minimum Gasteiger partial charge on any atom is -0.488 e. The van der Waals surface area contributed by atoms with Crippen LogP contribution < -0.4 is 15.4 Å². The van der Waals surface area contributed by atoms with Crippen molar-refractivity contribution in [2.75, 3.05) is 27.7 Å². The predicted molar refractivity (Wildman–Crippen MR) is 107 cm³/mol. The van der Waals surface area contributed by atoms with Crippen LogP contribution >= 0.6 is 0 Å². The van der Waals surface area contributed by atoms with Gasteiger partial charge in [-0.25, -0.2) is 0 Å². The quantitative estimate of drug-likeness (QED) is 0.619. The number of rotatable bonds is 6. The van der Waals surface area contributed by atoms with Crippen molar-refractivity contribution in [1.29, 1.82) is 0 Å². The number of nitrogens with one attached hydrogen (secondary N) is 2. The van der Waals surface area contributed by atoms with Gasteiger partial charge >= 0.3 is 0 Å². The third-order valence-electron chi connectivity index (χ3n) is 4.49. The molecule has 138 valence electrons. The van der Waals surface area contributed by atoms with Crippen molar-refractivity contribution in [2.45, 2.75) is 25.6 Å². The molecule has 0 saturated heterocycles. The van der Waals surface area contributed by atoms with Gasteiger partial charge in [0.1, 0.15) is 11.9 Å². The van der Waals surface area contributed by atoms with E-state index in [9.17, 15) is 0 Å². The van der Waals surface area contributed by atoms with E-state index in [-0.39, 0.29) is 6.10 Å². The van der Waals surface area contributed by atoms with Gasteiger partial charge in [0.2, 0.25) is 0 Å². The van der Waals surface area contributed by atoms with E-state index in [1.807, 2.05) is 12.1 Å². The Morgan fingerprint density at radius 3 is 2.54 bits per heavy atom. The van der Waals surface area contributed by atoms with Gasteiger partial charge in [-0.3, -0.25) is 4.99 Å². The number of nitrogens with zero attached hydrogens (tertiary/aromatic N) is 2. The lowest BCUT2D eigenvalue weighted by Gasteiger charge is -2.18. The van der Waals surface area contributed by atoms with Gasteiger partial charge in [0.15, 0.2) is 5.96 Å². The van der Waals surface area contributed by atoms with Gasteiger partial charge in [0.05, 0.1) is 6.54 Å². The van der Waals surface area contributed by atoms with Crippen LogP contribution in [0.15, 0.2) is 53.5 Å². The van der Waals surface area contributed by atoms with E-state index in [4.69, 9.17) is 4.74 Å². The molecular formula is C21H28N4O. The zero-order chi connectivity index (χ0) is 18.4. The van der Waals surface area contributed by atoms with Gasteiger partial charge in [-0.05, 0) is 36.9 Å². The minimum atomic E-state index is 0.145. The topological polar surface area (TPSA) is 48.9 Å². The maximum Gasteiger partial charge on any atom is 0.191 e. The molecule has 0 aliphatic carbocycles. The highest BCUT2D eigenvalue weighted by Gasteiger charge is 2.22. The molecule has 0 spiro atoms. The number of aliphatic imine (C=N–C) groups is 1. The Bertz CT molecular complexity index is 732. The van der Waals surface area contributed by atoms with Crippen LogP contribution in [-0.4, -0.2) is 44.7 Å². The summed E-state index contributed by atoms with van der Waals surface area (Å²) in [7, 11) is 5.97. The summed E-state index contributed by atoms with van der Waals surface area (Å²) in [5.74, 6) is 1.80. The van der Waals surface area contributed by atoms with Crippen molar-refractivity contribution >= 4 is 5.96 Å². The van der Waals surface area contributed by atoms with Crippen LogP contribution in [0.3, 0.4) is 0 Å². The summed E-state index contributed by atoms with van der Waals surface area (Å²) in [5, 5.41) is 6.79. The van der Waals surface area contributed by atoms with Crippen LogP contribution in [0, 0.1) is 0 Å². The lowest BCUT2D eigenvalue weighted by atomic mass is 10.1. The largest absolute Gasteiger partial charge is 0.488 e. The first-order valence-electron chi connectivity index (χ1n) is 9.06. The van der Waals surface area contributed by atoms with E-state index in [1.54, 1.807) is 7.05 Å². The highest BCUT2D eigenvalue weighted by Crippen LogP contribution is 2.27. The molecule has 2 aromatic rings. The van der Waals surface area contributed by atoms with Gasteiger partial charge in [0.25, 0.3) is 0 Å². The Morgan fingerprint density at radius 2 is 1.81 bits per heavy atom. The first-order chi connectivity index (χ1) is 12.7. The molecule has 1 unspecified atom stereocenters. The molecule has 1 aliphatic heterocycles. The molecule has 5 heteroatoms. The van der Waals surface area contributed by atoms with E-state index < -0.39 is 0 Å². The van der Waals surface area contributed by atoms with Gasteiger partial charge in [-0.15, -0.1) is 0 Å². The maximum absolute atomic E-state index is 5.98. The van der Waals surface area contributed by atoms with Crippen molar-refractivity contribution in [3.63, 3.8) is 0 Å². The Kier molecular flexibility index (Phi) is 6.12. The van der Waals surface area contributed by atoms with Gasteiger partial charge in [0, 0.05) is 26.6 Å². The fraction of sp³-hybridized carbons (Fsp3) is 0.381. The Morgan fingerprint density at radius 1 is 1.08 bits per heavy atom. The molecule has 3 rings (SSSR count). The van der Waals surface area contributed by atoms with E-state index in [0.29, 0.717) is 0 Å². The third-order valence-corrected chi connectivity index (χ3v) is 4.49. The first-order valence-corrected chi connectivity index (χ1v) is 9.06. The molecule has 1 aliphatic rings. The summed E-state index contributed by atoms with van der Waals surface area (Å²) in [5.41, 5.74) is 3.89. The number of benzene rings is 2. The number of hydrogen-bond acceptors (Lipinski definition) is 3. The van der Waals surface area contributed by atoms with Gasteiger partial charge < -0.3 is 20.3 Å². The summed E-state index contributed by atoms with van der Waals surface area (Å²) < 4.78 is 5.98. The van der Waals surface area contributed by atoms with Crippen LogP contribution in [0.4, 0.5) is 0 Å². The number of ether oxygens (including phenoxy) is 1. The molecule has 1 heterocycles. The van der Waals surface area contributed by atoms with Crippen molar-refractivity contribution in [1.82, 2.24) is 15.5 Å². The van der Waals surface area contributed by atoms with Crippen LogP contribution in [-0.2, 0) is 19.5 Å². The molecule has 0 aromatic heterocycles. The molecule has 0 saturated carbocycles. The second-order valence-electron chi connectivity index (χ2n) is 6.86. The fourth-order valence-electron chi connectivity index (χ4n) is 3.20. The minimum absolute atomic E-state index is 0.145. The van der Waals surface area contributed by atoms with E-state index >= 15 is 0 Å². The molecule has 5 nitrogen and oxygen atoms in total. The average Bonchev–Trinajstić information content (AvgIpc) is 3.05. The smallest absolute Gasteiger partial charge is 0.191 e. The van der Waals surface area contributed by atoms with Crippen molar-refractivity contribution in [2.24, 2.45) is 4.99 Å². The summed E-state index contributed by atoms with van der Waals surface area (Å²) in [6.45, 7) is 2.40. The second kappa shape index (κ2) is 8.72. The number of para-hydroxylation sites is 1. The summed E-state index contributed by atoms with van der Waals surface area (Å²) in [4.78, 5) is 6.51. The van der Waals surface area contributed by atoms with E-state index in [2.05, 4.69) is 71.0 Å². The predicted octanol–water partition coefficient (Wildman–Crippen LogP) is 2.42. The number of guanidine groups is 1. The van der Waals surface area contributed by atoms with Crippen LogP contribution in [0.2, 0.25) is 0 Å². The monoisotopic (exact) mass is 352 g/mol. The fourth-order valence-corrected chi connectivity index (χ4v) is 3.20. The summed E-state index contributed by atoms with van der Waals surface area (Å²) in [6.07, 6.45) is 1.08. The van der Waals surface area contributed by atoms with Gasteiger partial charge in [-0.2, -0.15) is 0 Å². The SMILES string of the molecule is CN=C(NCc1ccccc1CN(C)C)NCC1Cc2ccccc2O1. The molecule has 0 fully saturated rings. The Labute approximate surface area is 156 Å². The molecule has 0 amide bonds. The maximum atomic E-state index is 5.98. The number of hydrogen-bond donors (Lipinski definition) is 2. The molecule has 0 bridgehead atoms. The molecule has 1 atom stereocenters. The summed E-state index contributed by atoms with van der Waals surface area (Å²) in [6, 6.07) is 16.7. The Hall–Kier alpha value is -2.53. The zero-order valence-corrected chi connectivity index (χ0v) is 15.8. The lowest BCUT2D eigenvalue weighted by Crippen LogP contribution is -2.42. The molecule has 0 radical (unpaired) electrons. The van der Waals surface area contributed by atoms with Crippen molar-refractivity contribution < 1.29 is 4.74 Å². The molecular weight excluding hydrogens is 324 g/mol. The second-order valence-corrected chi connectivity index (χ2v) is 6.86. The van der Waals surface area contributed by atoms with Crippen molar-refractivity contribution in [3.05, 3.63) is 65.2 Å². The van der Waals surface area contributed by atoms with Crippen LogP contribution in [0.1, 0.15) is 16.7 Å². The highest BCUT2D eigenvalue weighted by atomic mass is 16.5. The number of fused-ring (bicyclic) bond motifs is 1. The summed E-state index contributed by atoms with van der Waals surface area (Å²) >= 11 is 0. The zero-order valence-electron chi connectivity index (χ0n) is 15.8. The Balaban J connectivity index is 1.50. The van der Waals surface area contributed by atoms with Crippen LogP contribution in [0.25, 0.3) is 0 Å². The standard InChI is InChI=1S/C21H28N4O/c1-22-21(23-13-17-9-4-5-10-18(17)15-25(2)3)24-14-19-12-16-8-6-7-11-20(16)26-19/h4-11,19H,12-15H2,1-3H3,(H2,22,23,24). The van der Waals surface area contributed by atoms with Gasteiger partial charge in [-0.1, -0.05) is 42.5 Å². The third kappa shape index (κ3) is 4.76. The normalized spacial score (nSPS) is 16.3.